The molecule has 0 saturated heterocycles. The van der Waals surface area contributed by atoms with E-state index in [0.717, 1.165) is 42.8 Å². The van der Waals surface area contributed by atoms with Crippen molar-refractivity contribution in [3.05, 3.63) is 83.9 Å². The summed E-state index contributed by atoms with van der Waals surface area (Å²) < 4.78 is 35.2. The fourth-order valence-electron chi connectivity index (χ4n) is 6.22. The Bertz CT molecular complexity index is 1440. The fraction of sp³-hybridized carbons (Fsp3) is 0.424. The van der Waals surface area contributed by atoms with Crippen LogP contribution in [-0.4, -0.2) is 45.0 Å². The molecule has 7 nitrogen and oxygen atoms in total. The first kappa shape index (κ1) is 29.0. The molecule has 0 bridgehead atoms. The summed E-state index contributed by atoms with van der Waals surface area (Å²) in [4.78, 5) is 14.7. The van der Waals surface area contributed by atoms with Crippen LogP contribution in [0, 0.1) is 5.92 Å². The Morgan fingerprint density at radius 3 is 2.34 bits per heavy atom. The lowest BCUT2D eigenvalue weighted by Crippen LogP contribution is -2.44. The summed E-state index contributed by atoms with van der Waals surface area (Å²) in [7, 11) is -1.85. The molecule has 0 radical (unpaired) electrons. The van der Waals surface area contributed by atoms with Gasteiger partial charge in [-0.15, -0.1) is 0 Å². The van der Waals surface area contributed by atoms with Crippen LogP contribution in [0.1, 0.15) is 74.2 Å². The van der Waals surface area contributed by atoms with Gasteiger partial charge in [-0.3, -0.25) is 9.52 Å². The van der Waals surface area contributed by atoms with Crippen molar-refractivity contribution in [3.63, 3.8) is 0 Å². The number of fused-ring (bicyclic) bond motifs is 1. The lowest BCUT2D eigenvalue weighted by Gasteiger charge is -2.36. The highest BCUT2D eigenvalue weighted by Gasteiger charge is 2.41. The van der Waals surface area contributed by atoms with Gasteiger partial charge in [0.2, 0.25) is 0 Å². The number of ether oxygens (including phenoxy) is 1. The van der Waals surface area contributed by atoms with E-state index in [9.17, 15) is 13.2 Å². The van der Waals surface area contributed by atoms with Gasteiger partial charge in [0.25, 0.3) is 15.9 Å². The summed E-state index contributed by atoms with van der Waals surface area (Å²) in [6.07, 6.45) is 6.78. The average Bonchev–Trinajstić information content (AvgIpc) is 3.32. The molecule has 1 aliphatic carbocycles. The van der Waals surface area contributed by atoms with E-state index >= 15 is 0 Å². The number of anilines is 2. The number of amides is 1. The molecular weight excluding hydrogens is 534 g/mol. The Balaban J connectivity index is 1.35. The number of carbonyl (C=O) groups excluding carboxylic acids is 1. The molecule has 2 N–H and O–H groups in total. The Morgan fingerprint density at radius 2 is 1.66 bits per heavy atom. The van der Waals surface area contributed by atoms with E-state index in [1.807, 2.05) is 43.4 Å². The Kier molecular flexibility index (Phi) is 8.88. The van der Waals surface area contributed by atoms with Crippen molar-refractivity contribution in [1.82, 2.24) is 4.90 Å². The number of carbonyl (C=O) groups is 1. The Labute approximate surface area is 244 Å². The van der Waals surface area contributed by atoms with Gasteiger partial charge in [0.1, 0.15) is 11.9 Å². The first-order valence-electron chi connectivity index (χ1n) is 14.8. The van der Waals surface area contributed by atoms with Gasteiger partial charge in [0.15, 0.2) is 0 Å². The monoisotopic (exact) mass is 575 g/mol. The number of hydrogen-bond donors (Lipinski definition) is 2. The highest BCUT2D eigenvalue weighted by molar-refractivity contribution is 7.92. The molecule has 1 saturated carbocycles. The third-order valence-corrected chi connectivity index (χ3v) is 9.84. The minimum Gasteiger partial charge on any atom is -0.487 e. The molecule has 2 aliphatic rings. The summed E-state index contributed by atoms with van der Waals surface area (Å²) in [6, 6.07) is 21.8. The van der Waals surface area contributed by atoms with E-state index in [2.05, 4.69) is 23.9 Å². The maximum Gasteiger partial charge on any atom is 0.261 e. The molecule has 0 aromatic heterocycles. The normalized spacial score (nSPS) is 19.6. The van der Waals surface area contributed by atoms with Crippen LogP contribution in [0.5, 0.6) is 5.75 Å². The molecule has 1 amide bonds. The summed E-state index contributed by atoms with van der Waals surface area (Å²) >= 11 is 0. The maximum atomic E-state index is 12.9. The molecule has 3 atom stereocenters. The lowest BCUT2D eigenvalue weighted by atomic mass is 9.78. The second kappa shape index (κ2) is 12.6. The quantitative estimate of drug-likeness (QED) is 0.275. The number of sulfonamides is 1. The van der Waals surface area contributed by atoms with E-state index in [1.165, 1.54) is 19.3 Å². The van der Waals surface area contributed by atoms with Gasteiger partial charge in [-0.25, -0.2) is 8.42 Å². The number of rotatable bonds is 10. The van der Waals surface area contributed by atoms with E-state index in [-0.39, 0.29) is 28.9 Å². The average molecular weight is 576 g/mol. The molecule has 0 spiro atoms. The zero-order chi connectivity index (χ0) is 29.0. The Hall–Kier alpha value is -3.52. The zero-order valence-electron chi connectivity index (χ0n) is 24.2. The van der Waals surface area contributed by atoms with Crippen molar-refractivity contribution in [2.24, 2.45) is 5.92 Å². The second-order valence-electron chi connectivity index (χ2n) is 11.4. The minimum absolute atomic E-state index is 0.0316. The molecule has 218 valence electrons. The van der Waals surface area contributed by atoms with Crippen LogP contribution in [0.4, 0.5) is 11.4 Å². The largest absolute Gasteiger partial charge is 0.487 e. The summed E-state index contributed by atoms with van der Waals surface area (Å²) in [5.74, 6) is 1.35. The molecule has 8 heteroatoms. The molecule has 3 aromatic carbocycles. The lowest BCUT2D eigenvalue weighted by molar-refractivity contribution is 0.0795. The minimum atomic E-state index is -3.68. The molecule has 3 aromatic rings. The molecule has 3 unspecified atom stereocenters. The molecule has 1 fully saturated rings. The first-order valence-corrected chi connectivity index (χ1v) is 16.3. The number of nitrogens with one attached hydrogen (secondary N) is 2. The summed E-state index contributed by atoms with van der Waals surface area (Å²) in [5, 5.41) is 3.79. The van der Waals surface area contributed by atoms with E-state index in [0.29, 0.717) is 17.2 Å². The van der Waals surface area contributed by atoms with Gasteiger partial charge in [0.05, 0.1) is 10.9 Å². The van der Waals surface area contributed by atoms with E-state index in [4.69, 9.17) is 4.74 Å². The van der Waals surface area contributed by atoms with Crippen LogP contribution in [0.2, 0.25) is 0 Å². The molecule has 1 aliphatic heterocycles. The van der Waals surface area contributed by atoms with Gasteiger partial charge < -0.3 is 15.0 Å². The van der Waals surface area contributed by atoms with E-state index < -0.39 is 10.0 Å². The third kappa shape index (κ3) is 6.53. The SMILES string of the molecule is CCCN(C)C(=O)c1ccc(NC(C2CCCCC2)C2Oc3ccc(NS(=O)(=O)c4ccccc4)cc3C2C)cc1. The maximum absolute atomic E-state index is 12.9. The summed E-state index contributed by atoms with van der Waals surface area (Å²) in [5.41, 5.74) is 3.19. The van der Waals surface area contributed by atoms with Crippen LogP contribution in [0.25, 0.3) is 0 Å². The van der Waals surface area contributed by atoms with Gasteiger partial charge in [-0.1, -0.05) is 51.3 Å². The molecule has 5 rings (SSSR count). The van der Waals surface area contributed by atoms with Crippen LogP contribution >= 0.6 is 0 Å². The van der Waals surface area contributed by atoms with Crippen LogP contribution in [0.3, 0.4) is 0 Å². The zero-order valence-corrected chi connectivity index (χ0v) is 25.0. The van der Waals surface area contributed by atoms with Crippen molar-refractivity contribution in [2.45, 2.75) is 75.3 Å². The van der Waals surface area contributed by atoms with Crippen molar-refractivity contribution in [3.8, 4) is 5.75 Å². The van der Waals surface area contributed by atoms with Gasteiger partial charge in [-0.2, -0.15) is 0 Å². The van der Waals surface area contributed by atoms with Crippen molar-refractivity contribution < 1.29 is 17.9 Å². The van der Waals surface area contributed by atoms with Crippen molar-refractivity contribution in [2.75, 3.05) is 23.6 Å². The molecule has 41 heavy (non-hydrogen) atoms. The third-order valence-electron chi connectivity index (χ3n) is 8.44. The predicted molar refractivity (Wildman–Crippen MR) is 164 cm³/mol. The highest BCUT2D eigenvalue weighted by atomic mass is 32.2. The summed E-state index contributed by atoms with van der Waals surface area (Å²) in [6.45, 7) is 4.96. The van der Waals surface area contributed by atoms with Crippen LogP contribution < -0.4 is 14.8 Å². The number of nitrogens with zero attached hydrogens (tertiary/aromatic N) is 1. The van der Waals surface area contributed by atoms with Crippen molar-refractivity contribution >= 4 is 27.3 Å². The van der Waals surface area contributed by atoms with Crippen molar-refractivity contribution in [1.29, 1.82) is 0 Å². The first-order chi connectivity index (χ1) is 19.8. The van der Waals surface area contributed by atoms with E-state index in [1.54, 1.807) is 41.3 Å². The van der Waals surface area contributed by atoms with Gasteiger partial charge in [0, 0.05) is 42.0 Å². The molecule has 1 heterocycles. The Morgan fingerprint density at radius 1 is 0.976 bits per heavy atom. The molecular formula is C33H41N3O4S. The predicted octanol–water partition coefficient (Wildman–Crippen LogP) is 6.89. The fourth-order valence-corrected chi connectivity index (χ4v) is 7.29. The van der Waals surface area contributed by atoms with Crippen LogP contribution in [-0.2, 0) is 10.0 Å². The van der Waals surface area contributed by atoms with Gasteiger partial charge in [-0.05, 0) is 79.8 Å². The second-order valence-corrected chi connectivity index (χ2v) is 13.1. The number of hydrogen-bond acceptors (Lipinski definition) is 5. The topological polar surface area (TPSA) is 87.7 Å². The smallest absolute Gasteiger partial charge is 0.261 e. The highest BCUT2D eigenvalue weighted by Crippen LogP contribution is 2.44. The number of benzene rings is 3. The van der Waals surface area contributed by atoms with Gasteiger partial charge >= 0.3 is 0 Å². The standard InChI is InChI=1S/C33H41N3O4S/c1-4-21-36(3)33(37)25-15-17-26(18-16-25)34-31(24-11-7-5-8-12-24)32-23(2)29-22-27(19-20-30(29)40-32)35-41(38,39)28-13-9-6-10-14-28/h6,9-10,13-20,22-24,31-32,34-35H,4-5,7-8,11-12,21H2,1-3H3. The van der Waals surface area contributed by atoms with Crippen LogP contribution in [0.15, 0.2) is 77.7 Å².